The van der Waals surface area contributed by atoms with Crippen molar-refractivity contribution < 1.29 is 21.9 Å². The Morgan fingerprint density at radius 1 is 0.466 bits per heavy atom. The Morgan fingerprint density at radius 3 is 1.22 bits per heavy atom. The first-order valence-electron chi connectivity index (χ1n) is 28.9. The van der Waals surface area contributed by atoms with E-state index in [0.29, 0.717) is 46.8 Å². The van der Waals surface area contributed by atoms with Crippen LogP contribution in [0.2, 0.25) is 15.1 Å². The summed E-state index contributed by atoms with van der Waals surface area (Å²) in [5, 5.41) is 18.2. The number of fused-ring (bicyclic) bond motifs is 3. The predicted octanol–water partition coefficient (Wildman–Crippen LogP) is 16.7. The highest BCUT2D eigenvalue weighted by molar-refractivity contribution is 7.92. The van der Waals surface area contributed by atoms with Gasteiger partial charge in [0, 0.05) is 43.9 Å². The molecule has 3 heterocycles. The second kappa shape index (κ2) is 23.4. The smallest absolute Gasteiger partial charge is 0.238 e. The Kier molecular flexibility index (Phi) is 15.7. The molecule has 6 unspecified atom stereocenters. The van der Waals surface area contributed by atoms with Gasteiger partial charge in [0.25, 0.3) is 0 Å². The average Bonchev–Trinajstić information content (AvgIpc) is 2.41. The number of halogens is 3. The summed E-state index contributed by atoms with van der Waals surface area (Å²) < 4.78 is 49.9. The van der Waals surface area contributed by atoms with Crippen LogP contribution in [-0.2, 0) is 25.6 Å². The van der Waals surface area contributed by atoms with Crippen LogP contribution in [0.4, 0.5) is 5.69 Å². The van der Waals surface area contributed by atoms with Crippen molar-refractivity contribution in [3.05, 3.63) is 255 Å². The molecule has 0 aliphatic heterocycles. The SMILES string of the molecule is CC(C)(O)c1ccccc1-c1ccc2nc(C3CC3c3ccc(Cl)cc3)[nH]c2c1.CS(=O)(=O)Nc1ccccc1-c1ccc2nc(C3CC3c3ccc(Cl)cc3)[nH]c2c1.NS(=O)(=O)c1ccccc1-c1ccc2nc(C3CC3c3ccc(Cl)cc3)[nH]c2c1. The van der Waals surface area contributed by atoms with E-state index < -0.39 is 25.6 Å². The van der Waals surface area contributed by atoms with Crippen molar-refractivity contribution in [3.63, 3.8) is 0 Å². The highest BCUT2D eigenvalue weighted by Gasteiger charge is 2.44. The molecular weight excluding hydrogens is 1200 g/mol. The molecule has 3 aliphatic carbocycles. The number of rotatable bonds is 13. The van der Waals surface area contributed by atoms with Crippen LogP contribution in [0.5, 0.6) is 0 Å². The third-order valence-corrected chi connectivity index (χ3v) is 19.1. The third-order valence-electron chi connectivity index (χ3n) is 16.8. The van der Waals surface area contributed by atoms with Gasteiger partial charge in [-0.1, -0.05) is 150 Å². The van der Waals surface area contributed by atoms with Crippen LogP contribution in [0, 0.1) is 0 Å². The summed E-state index contributed by atoms with van der Waals surface area (Å²) in [5.41, 5.74) is 15.3. The molecule has 12 aromatic rings. The number of sulfonamides is 2. The summed E-state index contributed by atoms with van der Waals surface area (Å²) in [5.74, 6) is 5.55. The molecule has 3 aliphatic rings. The molecule has 0 saturated heterocycles. The largest absolute Gasteiger partial charge is 0.386 e. The fourth-order valence-corrected chi connectivity index (χ4v) is 13.8. The topological polar surface area (TPSA) is 213 Å². The van der Waals surface area contributed by atoms with Gasteiger partial charge >= 0.3 is 0 Å². The van der Waals surface area contributed by atoms with Gasteiger partial charge in [0.1, 0.15) is 17.5 Å². The molecule has 0 amide bonds. The fraction of sp³-hybridized carbons (Fsp3) is 0.186. The lowest BCUT2D eigenvalue weighted by atomic mass is 9.89. The molecule has 0 radical (unpaired) electrons. The molecule has 0 spiro atoms. The van der Waals surface area contributed by atoms with Crippen LogP contribution in [0.25, 0.3) is 66.5 Å². The molecule has 88 heavy (non-hydrogen) atoms. The number of para-hydroxylation sites is 1. The molecule has 6 atom stereocenters. The number of nitrogens with two attached hydrogens (primary N) is 1. The van der Waals surface area contributed by atoms with Crippen molar-refractivity contribution in [2.24, 2.45) is 5.14 Å². The lowest BCUT2D eigenvalue weighted by Gasteiger charge is -2.21. The van der Waals surface area contributed by atoms with Gasteiger partial charge in [-0.2, -0.15) is 0 Å². The highest BCUT2D eigenvalue weighted by atomic mass is 35.5. The summed E-state index contributed by atoms with van der Waals surface area (Å²) in [6.45, 7) is 3.64. The summed E-state index contributed by atoms with van der Waals surface area (Å²) in [6, 6.07) is 64.2. The van der Waals surface area contributed by atoms with Gasteiger partial charge < -0.3 is 20.1 Å². The molecule has 444 valence electrons. The normalized spacial score (nSPS) is 18.7. The Hall–Kier alpha value is -8.12. The van der Waals surface area contributed by atoms with Gasteiger partial charge in [-0.25, -0.2) is 36.9 Å². The minimum Gasteiger partial charge on any atom is -0.386 e. The van der Waals surface area contributed by atoms with E-state index in [-0.39, 0.29) is 4.90 Å². The molecule has 15 rings (SSSR count). The molecule has 18 heteroatoms. The average molecular weight is 1260 g/mol. The van der Waals surface area contributed by atoms with Gasteiger partial charge in [0.2, 0.25) is 20.0 Å². The molecule has 3 fully saturated rings. The number of aromatic nitrogens is 6. The standard InChI is InChI=1S/C25H23ClN2O.C23H20ClN3O2S.C22H18ClN3O2S/c1-25(2,29)21-6-4-3-5-18(21)16-9-12-22-23(13-16)28-24(27-22)20-14-19(20)15-7-10-17(26)11-8-15;1-30(28,29)27-20-5-3-2-4-17(20)15-8-11-21-22(12-15)26-23(25-21)19-13-18(19)14-6-9-16(24)10-7-14;23-15-8-5-13(6-9-15)17-12-18(17)22-25-19-10-7-14(11-20(19)26-22)16-3-1-2-4-21(16)29(24,27)28/h3-13,19-20,29H,14H2,1-2H3,(H,27,28);2-12,18-19,27H,13H2,1H3,(H,25,26);1-11,17-18H,12H2,(H,25,26)(H2,24,27,28). The number of nitrogens with one attached hydrogen (secondary N) is 4. The van der Waals surface area contributed by atoms with Crippen LogP contribution in [0.15, 0.2) is 205 Å². The highest BCUT2D eigenvalue weighted by Crippen LogP contribution is 2.56. The number of imidazole rings is 3. The number of aromatic amines is 3. The Bertz CT molecular complexity index is 4830. The van der Waals surface area contributed by atoms with Crippen molar-refractivity contribution in [1.29, 1.82) is 0 Å². The second-order valence-corrected chi connectivity index (χ2v) is 28.2. The number of nitrogens with zero attached hydrogens (tertiary/aromatic N) is 3. The van der Waals surface area contributed by atoms with E-state index in [2.05, 4.69) is 80.3 Å². The molecular formula is C70H61Cl3N8O5S2. The van der Waals surface area contributed by atoms with E-state index in [0.717, 1.165) is 125 Å². The van der Waals surface area contributed by atoms with Crippen molar-refractivity contribution in [3.8, 4) is 33.4 Å². The van der Waals surface area contributed by atoms with E-state index in [4.69, 9.17) is 54.9 Å². The van der Waals surface area contributed by atoms with E-state index in [1.807, 2.05) is 123 Å². The van der Waals surface area contributed by atoms with E-state index in [1.54, 1.807) is 24.3 Å². The van der Waals surface area contributed by atoms with Gasteiger partial charge in [-0.3, -0.25) is 4.72 Å². The van der Waals surface area contributed by atoms with Crippen LogP contribution in [-0.4, -0.2) is 58.1 Å². The van der Waals surface area contributed by atoms with Crippen LogP contribution in [0.3, 0.4) is 0 Å². The first-order chi connectivity index (χ1) is 42.2. The number of hydrogen-bond acceptors (Lipinski definition) is 8. The molecule has 0 bridgehead atoms. The second-order valence-electron chi connectivity index (χ2n) is 23.6. The van der Waals surface area contributed by atoms with Gasteiger partial charge in [0.05, 0.1) is 55.5 Å². The minimum atomic E-state index is -3.81. The summed E-state index contributed by atoms with van der Waals surface area (Å²) in [4.78, 5) is 24.9. The molecule has 7 N–H and O–H groups in total. The molecule has 3 aromatic heterocycles. The molecule has 9 aromatic carbocycles. The first-order valence-corrected chi connectivity index (χ1v) is 33.5. The van der Waals surface area contributed by atoms with Gasteiger partial charge in [-0.15, -0.1) is 0 Å². The maximum absolute atomic E-state index is 11.9. The van der Waals surface area contributed by atoms with Crippen LogP contribution >= 0.6 is 34.8 Å². The number of primary sulfonamides is 1. The zero-order chi connectivity index (χ0) is 61.2. The van der Waals surface area contributed by atoms with Crippen LogP contribution < -0.4 is 9.86 Å². The zero-order valence-electron chi connectivity index (χ0n) is 48.1. The number of H-pyrrole nitrogens is 3. The number of hydrogen-bond donors (Lipinski definition) is 6. The Labute approximate surface area is 525 Å². The van der Waals surface area contributed by atoms with E-state index in [9.17, 15) is 21.9 Å². The van der Waals surface area contributed by atoms with Crippen molar-refractivity contribution in [2.75, 3.05) is 11.0 Å². The minimum absolute atomic E-state index is 0.115. The number of benzene rings is 9. The predicted molar refractivity (Wildman–Crippen MR) is 354 cm³/mol. The quantitative estimate of drug-likeness (QED) is 0.0652. The van der Waals surface area contributed by atoms with Gasteiger partial charge in [0.15, 0.2) is 0 Å². The molecule has 13 nitrogen and oxygen atoms in total. The molecule has 3 saturated carbocycles. The summed E-state index contributed by atoms with van der Waals surface area (Å²) >= 11 is 18.0. The van der Waals surface area contributed by atoms with Crippen molar-refractivity contribution in [2.45, 2.75) is 79.1 Å². The van der Waals surface area contributed by atoms with E-state index in [1.165, 1.54) is 22.8 Å². The maximum Gasteiger partial charge on any atom is 0.238 e. The summed E-state index contributed by atoms with van der Waals surface area (Å²) in [7, 11) is -7.17. The van der Waals surface area contributed by atoms with Crippen LogP contribution in [0.1, 0.15) is 108 Å². The number of aliphatic hydroxyl groups is 1. The number of anilines is 1. The van der Waals surface area contributed by atoms with Crippen molar-refractivity contribution >= 4 is 93.6 Å². The van der Waals surface area contributed by atoms with Gasteiger partial charge in [-0.05, 0) is 180 Å². The first kappa shape index (κ1) is 58.9. The lowest BCUT2D eigenvalue weighted by Crippen LogP contribution is -2.16. The third kappa shape index (κ3) is 12.9. The summed E-state index contributed by atoms with van der Waals surface area (Å²) in [6.07, 6.45) is 4.37. The Morgan fingerprint density at radius 2 is 0.818 bits per heavy atom. The maximum atomic E-state index is 11.9. The lowest BCUT2D eigenvalue weighted by molar-refractivity contribution is 0.0792. The van der Waals surface area contributed by atoms with E-state index >= 15 is 0 Å². The monoisotopic (exact) mass is 1260 g/mol. The van der Waals surface area contributed by atoms with Crippen molar-refractivity contribution in [1.82, 2.24) is 29.9 Å². The Balaban J connectivity index is 0.000000122. The fourth-order valence-electron chi connectivity index (χ4n) is 12.1. The zero-order valence-corrected chi connectivity index (χ0v) is 52.0.